The predicted octanol–water partition coefficient (Wildman–Crippen LogP) is -0.810. The highest BCUT2D eigenvalue weighted by atomic mass is 16.8. The van der Waals surface area contributed by atoms with Crippen LogP contribution in [0.25, 0.3) is 0 Å². The van der Waals surface area contributed by atoms with E-state index in [0.29, 0.717) is 0 Å². The first kappa shape index (κ1) is 14.7. The van der Waals surface area contributed by atoms with Crippen LogP contribution in [-0.4, -0.2) is 65.7 Å². The molecule has 0 aromatic heterocycles. The maximum Gasteiger partial charge on any atom is 0.302 e. The molecule has 5 atom stereocenters. The van der Waals surface area contributed by atoms with Gasteiger partial charge in [-0.15, -0.1) is 0 Å². The fraction of sp³-hybridized carbons (Fsp3) is 0.917. The second-order valence-electron chi connectivity index (χ2n) is 5.44. The summed E-state index contributed by atoms with van der Waals surface area (Å²) in [5, 5.41) is 20.8. The summed E-state index contributed by atoms with van der Waals surface area (Å²) in [6.45, 7) is 4.27. The summed E-state index contributed by atoms with van der Waals surface area (Å²) in [4.78, 5) is 10.9. The molecule has 2 aliphatic rings. The van der Waals surface area contributed by atoms with Gasteiger partial charge >= 0.3 is 5.97 Å². The van der Waals surface area contributed by atoms with E-state index in [1.165, 1.54) is 14.0 Å². The first-order valence-electron chi connectivity index (χ1n) is 6.13. The first-order valence-corrected chi connectivity index (χ1v) is 6.13. The number of fused-ring (bicyclic) bond motifs is 1. The van der Waals surface area contributed by atoms with Gasteiger partial charge in [0.25, 0.3) is 0 Å². The second kappa shape index (κ2) is 4.68. The Morgan fingerprint density at radius 1 is 1.37 bits per heavy atom. The van der Waals surface area contributed by atoms with Gasteiger partial charge in [-0.25, -0.2) is 0 Å². The molecule has 0 aromatic rings. The number of rotatable bonds is 3. The predicted molar refractivity (Wildman–Crippen MR) is 62.2 cm³/mol. The summed E-state index contributed by atoms with van der Waals surface area (Å²) in [6.07, 6.45) is -3.44. The highest BCUT2D eigenvalue weighted by molar-refractivity contribution is 5.66. The number of hydrogen-bond acceptors (Lipinski definition) is 7. The number of aliphatic hydroxyl groups excluding tert-OH is 1. The van der Waals surface area contributed by atoms with Crippen molar-refractivity contribution in [3.05, 3.63) is 0 Å². The number of esters is 1. The van der Waals surface area contributed by atoms with Gasteiger partial charge < -0.3 is 29.2 Å². The monoisotopic (exact) mass is 276 g/mol. The van der Waals surface area contributed by atoms with Crippen LogP contribution in [0.3, 0.4) is 0 Å². The van der Waals surface area contributed by atoms with Crippen molar-refractivity contribution >= 4 is 5.97 Å². The van der Waals surface area contributed by atoms with Crippen LogP contribution in [0.5, 0.6) is 0 Å². The largest absolute Gasteiger partial charge is 0.463 e. The van der Waals surface area contributed by atoms with Gasteiger partial charge in [0.15, 0.2) is 11.4 Å². The summed E-state index contributed by atoms with van der Waals surface area (Å²) in [6, 6.07) is 0. The molecule has 1 heterocycles. The van der Waals surface area contributed by atoms with Crippen LogP contribution in [0.1, 0.15) is 20.8 Å². The average Bonchev–Trinajstić information content (AvgIpc) is 2.71. The van der Waals surface area contributed by atoms with Gasteiger partial charge in [-0.1, -0.05) is 0 Å². The van der Waals surface area contributed by atoms with E-state index >= 15 is 0 Å². The highest BCUT2D eigenvalue weighted by Crippen LogP contribution is 2.45. The van der Waals surface area contributed by atoms with Crippen LogP contribution in [0, 0.1) is 0 Å². The molecule has 1 aliphatic heterocycles. The van der Waals surface area contributed by atoms with Crippen LogP contribution >= 0.6 is 0 Å². The lowest BCUT2D eigenvalue weighted by Gasteiger charge is -2.32. The minimum atomic E-state index is -1.75. The fourth-order valence-electron chi connectivity index (χ4n) is 2.70. The van der Waals surface area contributed by atoms with Crippen molar-refractivity contribution < 1.29 is 34.0 Å². The molecule has 2 rings (SSSR count). The Hall–Kier alpha value is -0.730. The van der Waals surface area contributed by atoms with E-state index < -0.39 is 41.8 Å². The van der Waals surface area contributed by atoms with Gasteiger partial charge in [0.1, 0.15) is 31.0 Å². The Balaban J connectivity index is 2.24. The summed E-state index contributed by atoms with van der Waals surface area (Å²) in [7, 11) is 1.41. The van der Waals surface area contributed by atoms with E-state index in [0.717, 1.165) is 0 Å². The number of carbonyl (C=O) groups is 1. The zero-order valence-corrected chi connectivity index (χ0v) is 11.5. The van der Waals surface area contributed by atoms with E-state index in [2.05, 4.69) is 0 Å². The molecule has 7 nitrogen and oxygen atoms in total. The SMILES string of the molecule is CO[C@@H]1[C@H]2OC(C)(C)O[C@H]2[C@@](O)(COC(C)=O)[C@@H]1O. The maximum absolute atomic E-state index is 10.9. The minimum Gasteiger partial charge on any atom is -0.463 e. The van der Waals surface area contributed by atoms with Crippen LogP contribution < -0.4 is 0 Å². The van der Waals surface area contributed by atoms with Crippen molar-refractivity contribution in [1.82, 2.24) is 0 Å². The number of methoxy groups -OCH3 is 1. The van der Waals surface area contributed by atoms with E-state index in [-0.39, 0.29) is 6.61 Å². The number of carbonyl (C=O) groups excluding carboxylic acids is 1. The summed E-state index contributed by atoms with van der Waals surface area (Å²) < 4.78 is 21.3. The molecule has 0 aromatic carbocycles. The third kappa shape index (κ3) is 2.36. The molecule has 2 fully saturated rings. The van der Waals surface area contributed by atoms with Crippen molar-refractivity contribution in [2.75, 3.05) is 13.7 Å². The van der Waals surface area contributed by atoms with Gasteiger partial charge in [0, 0.05) is 14.0 Å². The van der Waals surface area contributed by atoms with Crippen molar-refractivity contribution in [3.8, 4) is 0 Å². The van der Waals surface area contributed by atoms with E-state index in [4.69, 9.17) is 18.9 Å². The summed E-state index contributed by atoms with van der Waals surface area (Å²) in [5.41, 5.74) is -1.75. The summed E-state index contributed by atoms with van der Waals surface area (Å²) in [5.74, 6) is -1.44. The lowest BCUT2D eigenvalue weighted by Crippen LogP contribution is -2.54. The Labute approximate surface area is 111 Å². The van der Waals surface area contributed by atoms with Crippen molar-refractivity contribution in [1.29, 1.82) is 0 Å². The van der Waals surface area contributed by atoms with Gasteiger partial charge in [-0.05, 0) is 13.8 Å². The molecule has 2 N–H and O–H groups in total. The Morgan fingerprint density at radius 2 is 2.00 bits per heavy atom. The fourth-order valence-corrected chi connectivity index (χ4v) is 2.70. The first-order chi connectivity index (χ1) is 8.71. The van der Waals surface area contributed by atoms with E-state index in [1.807, 2.05) is 0 Å². The molecule has 0 unspecified atom stereocenters. The molecule has 19 heavy (non-hydrogen) atoms. The molecule has 110 valence electrons. The van der Waals surface area contributed by atoms with Crippen LogP contribution in [0.15, 0.2) is 0 Å². The Kier molecular flexibility index (Phi) is 3.61. The standard InChI is InChI=1S/C12H20O7/c1-6(13)17-5-12(15)9(14)7(16-4)8-10(12)19-11(2,3)18-8/h7-10,14-15H,5H2,1-4H3/t7-,8-,9-,10-,12-/m1/s1. The molecule has 1 saturated carbocycles. The number of aliphatic hydroxyl groups is 2. The second-order valence-corrected chi connectivity index (χ2v) is 5.44. The Bertz CT molecular complexity index is 369. The molecule has 0 spiro atoms. The topological polar surface area (TPSA) is 94.5 Å². The normalized spacial score (nSPS) is 44.1. The molecule has 1 aliphatic carbocycles. The van der Waals surface area contributed by atoms with E-state index in [1.54, 1.807) is 13.8 Å². The molecular formula is C12H20O7. The molecule has 1 saturated heterocycles. The molecular weight excluding hydrogens is 256 g/mol. The van der Waals surface area contributed by atoms with Crippen LogP contribution in [0.2, 0.25) is 0 Å². The van der Waals surface area contributed by atoms with Gasteiger partial charge in [-0.3, -0.25) is 4.79 Å². The molecule has 0 bridgehead atoms. The van der Waals surface area contributed by atoms with Crippen molar-refractivity contribution in [3.63, 3.8) is 0 Å². The van der Waals surface area contributed by atoms with Gasteiger partial charge in [0.2, 0.25) is 0 Å². The Morgan fingerprint density at radius 3 is 2.53 bits per heavy atom. The van der Waals surface area contributed by atoms with Gasteiger partial charge in [0.05, 0.1) is 0 Å². The third-order valence-electron chi connectivity index (χ3n) is 3.55. The third-order valence-corrected chi connectivity index (χ3v) is 3.55. The zero-order chi connectivity index (χ0) is 14.4. The maximum atomic E-state index is 10.9. The van der Waals surface area contributed by atoms with Crippen LogP contribution in [-0.2, 0) is 23.7 Å². The quantitative estimate of drug-likeness (QED) is 0.651. The number of ether oxygens (including phenoxy) is 4. The minimum absolute atomic E-state index is 0.371. The van der Waals surface area contributed by atoms with Crippen molar-refractivity contribution in [2.24, 2.45) is 0 Å². The number of hydrogen-bond donors (Lipinski definition) is 2. The highest BCUT2D eigenvalue weighted by Gasteiger charge is 2.67. The molecule has 0 amide bonds. The van der Waals surface area contributed by atoms with Crippen LogP contribution in [0.4, 0.5) is 0 Å². The average molecular weight is 276 g/mol. The van der Waals surface area contributed by atoms with Crippen molar-refractivity contribution in [2.45, 2.75) is 56.6 Å². The van der Waals surface area contributed by atoms with E-state index in [9.17, 15) is 15.0 Å². The smallest absolute Gasteiger partial charge is 0.302 e. The molecule has 0 radical (unpaired) electrons. The molecule has 7 heteroatoms. The van der Waals surface area contributed by atoms with Gasteiger partial charge in [-0.2, -0.15) is 0 Å². The summed E-state index contributed by atoms with van der Waals surface area (Å²) >= 11 is 0. The lowest BCUT2D eigenvalue weighted by molar-refractivity contribution is -0.225. The zero-order valence-electron chi connectivity index (χ0n) is 11.5. The lowest BCUT2D eigenvalue weighted by atomic mass is 9.98.